The van der Waals surface area contributed by atoms with Crippen molar-refractivity contribution in [3.63, 3.8) is 0 Å². The number of aliphatic hydroxyl groups excluding tert-OH is 1. The van der Waals surface area contributed by atoms with Crippen LogP contribution in [0.1, 0.15) is 46.0 Å². The van der Waals surface area contributed by atoms with E-state index in [9.17, 15) is 0 Å². The summed E-state index contributed by atoms with van der Waals surface area (Å²) in [5, 5.41) is 8.60. The molecule has 0 heterocycles. The van der Waals surface area contributed by atoms with Crippen LogP contribution in [0.4, 0.5) is 0 Å². The molecule has 1 heteroatoms. The van der Waals surface area contributed by atoms with Crippen LogP contribution in [0.3, 0.4) is 0 Å². The summed E-state index contributed by atoms with van der Waals surface area (Å²) >= 11 is 0. The maximum absolute atomic E-state index is 8.60. The Morgan fingerprint density at radius 3 is 2.67 bits per heavy atom. The first-order valence-corrected chi connectivity index (χ1v) is 5.08. The van der Waals surface area contributed by atoms with Gasteiger partial charge in [0.25, 0.3) is 0 Å². The van der Waals surface area contributed by atoms with E-state index < -0.39 is 0 Å². The summed E-state index contributed by atoms with van der Waals surface area (Å²) in [6.45, 7) is 4.74. The van der Waals surface area contributed by atoms with Gasteiger partial charge in [-0.15, -0.1) is 0 Å². The third-order valence-corrected chi connectivity index (χ3v) is 2.01. The van der Waals surface area contributed by atoms with Gasteiger partial charge in [-0.05, 0) is 25.2 Å². The Bertz CT molecular complexity index is 108. The average molecular weight is 170 g/mol. The second-order valence-corrected chi connectivity index (χ2v) is 3.41. The highest BCUT2D eigenvalue weighted by molar-refractivity contribution is 4.85. The largest absolute Gasteiger partial charge is 0.396 e. The van der Waals surface area contributed by atoms with Crippen molar-refractivity contribution in [1.29, 1.82) is 0 Å². The lowest BCUT2D eigenvalue weighted by atomic mass is 10.0. The molecule has 1 nitrogen and oxygen atoms in total. The number of hydrogen-bond donors (Lipinski definition) is 1. The molecular formula is C11H22O. The normalized spacial score (nSPS) is 13.9. The van der Waals surface area contributed by atoms with E-state index in [4.69, 9.17) is 5.11 Å². The van der Waals surface area contributed by atoms with Gasteiger partial charge < -0.3 is 5.11 Å². The maximum Gasteiger partial charge on any atom is 0.0431 e. The van der Waals surface area contributed by atoms with Crippen molar-refractivity contribution in [3.05, 3.63) is 12.2 Å². The lowest BCUT2D eigenvalue weighted by molar-refractivity contribution is 0.279. The van der Waals surface area contributed by atoms with Gasteiger partial charge in [-0.3, -0.25) is 0 Å². The van der Waals surface area contributed by atoms with E-state index in [-0.39, 0.29) is 0 Å². The molecule has 0 aromatic rings. The van der Waals surface area contributed by atoms with E-state index in [1.54, 1.807) is 0 Å². The Labute approximate surface area is 76.5 Å². The summed E-state index contributed by atoms with van der Waals surface area (Å²) in [5.74, 6) is 0.633. The van der Waals surface area contributed by atoms with Crippen molar-refractivity contribution in [2.24, 2.45) is 5.92 Å². The quantitative estimate of drug-likeness (QED) is 0.459. The molecule has 0 aliphatic heterocycles. The minimum Gasteiger partial charge on any atom is -0.396 e. The molecule has 12 heavy (non-hydrogen) atoms. The third-order valence-electron chi connectivity index (χ3n) is 2.01. The van der Waals surface area contributed by atoms with Crippen molar-refractivity contribution in [2.75, 3.05) is 6.61 Å². The van der Waals surface area contributed by atoms with Crippen LogP contribution in [0.2, 0.25) is 0 Å². The molecule has 0 fully saturated rings. The number of unbranched alkanes of at least 4 members (excludes halogenated alkanes) is 2. The molecule has 1 unspecified atom stereocenters. The van der Waals surface area contributed by atoms with Crippen LogP contribution in [0.15, 0.2) is 12.2 Å². The molecule has 0 bridgehead atoms. The van der Waals surface area contributed by atoms with Crippen LogP contribution in [-0.2, 0) is 0 Å². The van der Waals surface area contributed by atoms with Crippen LogP contribution in [0, 0.1) is 5.92 Å². The molecule has 72 valence electrons. The van der Waals surface area contributed by atoms with Gasteiger partial charge >= 0.3 is 0 Å². The van der Waals surface area contributed by atoms with E-state index in [0.717, 1.165) is 12.8 Å². The summed E-state index contributed by atoms with van der Waals surface area (Å²) in [4.78, 5) is 0. The van der Waals surface area contributed by atoms with Crippen molar-refractivity contribution in [3.8, 4) is 0 Å². The summed E-state index contributed by atoms with van der Waals surface area (Å²) in [6, 6.07) is 0. The first-order valence-electron chi connectivity index (χ1n) is 5.08. The SMILES string of the molecule is CCCCC=CC(C)CCCO. The Balaban J connectivity index is 3.27. The predicted molar refractivity (Wildman–Crippen MR) is 54.1 cm³/mol. The van der Waals surface area contributed by atoms with Crippen molar-refractivity contribution in [1.82, 2.24) is 0 Å². The average Bonchev–Trinajstić information content (AvgIpc) is 2.09. The van der Waals surface area contributed by atoms with E-state index >= 15 is 0 Å². The molecule has 1 N–H and O–H groups in total. The monoisotopic (exact) mass is 170 g/mol. The van der Waals surface area contributed by atoms with Gasteiger partial charge in [-0.2, -0.15) is 0 Å². The fourth-order valence-electron chi connectivity index (χ4n) is 1.16. The molecule has 0 aliphatic rings. The molecule has 0 rings (SSSR count). The van der Waals surface area contributed by atoms with Gasteiger partial charge in [0.2, 0.25) is 0 Å². The minimum atomic E-state index is 0.327. The topological polar surface area (TPSA) is 20.2 Å². The zero-order valence-corrected chi connectivity index (χ0v) is 8.42. The van der Waals surface area contributed by atoms with E-state index in [2.05, 4.69) is 26.0 Å². The van der Waals surface area contributed by atoms with Crippen LogP contribution in [0.25, 0.3) is 0 Å². The number of allylic oxidation sites excluding steroid dienone is 2. The zero-order chi connectivity index (χ0) is 9.23. The van der Waals surface area contributed by atoms with Gasteiger partial charge in [0.15, 0.2) is 0 Å². The fraction of sp³-hybridized carbons (Fsp3) is 0.818. The second kappa shape index (κ2) is 8.79. The van der Waals surface area contributed by atoms with Crippen LogP contribution < -0.4 is 0 Å². The highest BCUT2D eigenvalue weighted by Crippen LogP contribution is 2.07. The Hall–Kier alpha value is -0.300. The summed E-state index contributed by atoms with van der Waals surface area (Å²) in [7, 11) is 0. The van der Waals surface area contributed by atoms with Gasteiger partial charge in [0.1, 0.15) is 0 Å². The highest BCUT2D eigenvalue weighted by atomic mass is 16.2. The summed E-state index contributed by atoms with van der Waals surface area (Å²) in [5.41, 5.74) is 0. The number of hydrogen-bond acceptors (Lipinski definition) is 1. The minimum absolute atomic E-state index is 0.327. The van der Waals surface area contributed by atoms with Gasteiger partial charge in [-0.1, -0.05) is 38.8 Å². The maximum atomic E-state index is 8.60. The molecule has 1 atom stereocenters. The Kier molecular flexibility index (Phi) is 8.57. The first kappa shape index (κ1) is 11.7. The summed E-state index contributed by atoms with van der Waals surface area (Å²) < 4.78 is 0. The van der Waals surface area contributed by atoms with Crippen molar-refractivity contribution >= 4 is 0 Å². The van der Waals surface area contributed by atoms with E-state index in [0.29, 0.717) is 12.5 Å². The molecule has 0 aromatic carbocycles. The standard InChI is InChI=1S/C11H22O/c1-3-4-5-6-8-11(2)9-7-10-12/h6,8,11-12H,3-5,7,9-10H2,1-2H3. The molecule has 0 aliphatic carbocycles. The molecule has 0 saturated carbocycles. The molecule has 0 saturated heterocycles. The molecule has 0 aromatic heterocycles. The number of rotatable bonds is 7. The van der Waals surface area contributed by atoms with E-state index in [1.807, 2.05) is 0 Å². The molecule has 0 amide bonds. The molecule has 0 radical (unpaired) electrons. The lowest BCUT2D eigenvalue weighted by Crippen LogP contribution is -1.91. The summed E-state index contributed by atoms with van der Waals surface area (Å²) in [6.07, 6.45) is 10.4. The predicted octanol–water partition coefficient (Wildman–Crippen LogP) is 3.14. The number of aliphatic hydroxyl groups is 1. The smallest absolute Gasteiger partial charge is 0.0431 e. The van der Waals surface area contributed by atoms with Crippen molar-refractivity contribution in [2.45, 2.75) is 46.0 Å². The first-order chi connectivity index (χ1) is 5.81. The Morgan fingerprint density at radius 2 is 2.08 bits per heavy atom. The van der Waals surface area contributed by atoms with Gasteiger partial charge in [0.05, 0.1) is 0 Å². The second-order valence-electron chi connectivity index (χ2n) is 3.41. The molecular weight excluding hydrogens is 148 g/mol. The van der Waals surface area contributed by atoms with Crippen LogP contribution in [-0.4, -0.2) is 11.7 Å². The van der Waals surface area contributed by atoms with Gasteiger partial charge in [0, 0.05) is 6.61 Å². The lowest BCUT2D eigenvalue weighted by Gasteiger charge is -2.02. The third kappa shape index (κ3) is 7.80. The fourth-order valence-corrected chi connectivity index (χ4v) is 1.16. The Morgan fingerprint density at radius 1 is 1.33 bits per heavy atom. The van der Waals surface area contributed by atoms with Crippen LogP contribution in [0.5, 0.6) is 0 Å². The van der Waals surface area contributed by atoms with Crippen molar-refractivity contribution < 1.29 is 5.11 Å². The van der Waals surface area contributed by atoms with Gasteiger partial charge in [-0.25, -0.2) is 0 Å². The highest BCUT2D eigenvalue weighted by Gasteiger charge is 1.94. The zero-order valence-electron chi connectivity index (χ0n) is 8.42. The molecule has 0 spiro atoms. The van der Waals surface area contributed by atoms with E-state index in [1.165, 1.54) is 19.3 Å². The van der Waals surface area contributed by atoms with Crippen LogP contribution >= 0.6 is 0 Å².